The molecule has 7 nitrogen and oxygen atoms in total. The van der Waals surface area contributed by atoms with Crippen LogP contribution in [0.4, 0.5) is 0 Å². The molecule has 28 heavy (non-hydrogen) atoms. The number of thiazole rings is 1. The van der Waals surface area contributed by atoms with Crippen molar-refractivity contribution in [2.45, 2.75) is 30.7 Å². The van der Waals surface area contributed by atoms with E-state index in [1.165, 1.54) is 11.3 Å². The van der Waals surface area contributed by atoms with Gasteiger partial charge in [0, 0.05) is 30.7 Å². The summed E-state index contributed by atoms with van der Waals surface area (Å²) in [4.78, 5) is 34.8. The van der Waals surface area contributed by atoms with Gasteiger partial charge in [-0.2, -0.15) is 0 Å². The van der Waals surface area contributed by atoms with E-state index in [2.05, 4.69) is 4.98 Å². The third-order valence-electron chi connectivity index (χ3n) is 6.17. The van der Waals surface area contributed by atoms with Gasteiger partial charge in [-0.1, -0.05) is 30.3 Å². The number of imidazole rings is 1. The van der Waals surface area contributed by atoms with Crippen LogP contribution in [0.15, 0.2) is 48.1 Å². The molecule has 0 N–H and O–H groups in total. The van der Waals surface area contributed by atoms with Gasteiger partial charge in [-0.25, -0.2) is 4.98 Å². The van der Waals surface area contributed by atoms with Gasteiger partial charge < -0.3 is 14.5 Å². The molecule has 6 rings (SSSR count). The fraction of sp³-hybridized carbons (Fsp3) is 0.350. The first-order valence-corrected chi connectivity index (χ1v) is 10.3. The van der Waals surface area contributed by atoms with E-state index >= 15 is 0 Å². The molecule has 0 saturated carbocycles. The predicted octanol–water partition coefficient (Wildman–Crippen LogP) is 2.31. The van der Waals surface area contributed by atoms with E-state index in [4.69, 9.17) is 4.74 Å². The topological polar surface area (TPSA) is 67.2 Å². The predicted molar refractivity (Wildman–Crippen MR) is 102 cm³/mol. The molecule has 3 aliphatic rings. The van der Waals surface area contributed by atoms with Gasteiger partial charge in [0.1, 0.15) is 11.8 Å². The summed E-state index contributed by atoms with van der Waals surface area (Å²) >= 11 is 1.49. The Morgan fingerprint density at radius 3 is 2.96 bits per heavy atom. The lowest BCUT2D eigenvalue weighted by molar-refractivity contribution is -0.138. The molecule has 3 fully saturated rings. The SMILES string of the molecule is O=C(c1cn2ccsc2n1)N1CC[C@@]23O[C@@H](c4ccccc4)CN2C(=O)C[C@@H]13. The lowest BCUT2D eigenvalue weighted by Crippen LogP contribution is -2.48. The number of hydrogen-bond acceptors (Lipinski definition) is 5. The molecule has 0 aliphatic carbocycles. The van der Waals surface area contributed by atoms with E-state index < -0.39 is 5.72 Å². The molecule has 0 bridgehead atoms. The van der Waals surface area contributed by atoms with Gasteiger partial charge in [0.05, 0.1) is 19.0 Å². The van der Waals surface area contributed by atoms with E-state index in [9.17, 15) is 9.59 Å². The maximum Gasteiger partial charge on any atom is 0.274 e. The van der Waals surface area contributed by atoms with E-state index in [-0.39, 0.29) is 24.0 Å². The highest BCUT2D eigenvalue weighted by atomic mass is 32.1. The van der Waals surface area contributed by atoms with Crippen molar-refractivity contribution in [2.24, 2.45) is 0 Å². The minimum atomic E-state index is -0.704. The first kappa shape index (κ1) is 16.3. The van der Waals surface area contributed by atoms with Gasteiger partial charge >= 0.3 is 0 Å². The van der Waals surface area contributed by atoms with Crippen LogP contribution in [0.5, 0.6) is 0 Å². The number of benzene rings is 1. The van der Waals surface area contributed by atoms with Crippen molar-refractivity contribution in [3.8, 4) is 0 Å². The molecular weight excluding hydrogens is 376 g/mol. The van der Waals surface area contributed by atoms with Crippen molar-refractivity contribution in [3.63, 3.8) is 0 Å². The monoisotopic (exact) mass is 394 g/mol. The summed E-state index contributed by atoms with van der Waals surface area (Å²) in [6, 6.07) is 9.72. The Kier molecular flexibility index (Phi) is 3.28. The van der Waals surface area contributed by atoms with Crippen LogP contribution in [0.3, 0.4) is 0 Å². The Balaban J connectivity index is 1.32. The number of carbonyl (C=O) groups excluding carboxylic acids is 2. The number of fused-ring (bicyclic) bond motifs is 1. The first-order valence-electron chi connectivity index (χ1n) is 9.42. The Morgan fingerprint density at radius 2 is 2.14 bits per heavy atom. The highest BCUT2D eigenvalue weighted by molar-refractivity contribution is 7.15. The van der Waals surface area contributed by atoms with Gasteiger partial charge in [0.15, 0.2) is 10.7 Å². The summed E-state index contributed by atoms with van der Waals surface area (Å²) in [6.45, 7) is 1.11. The number of rotatable bonds is 2. The van der Waals surface area contributed by atoms with Crippen molar-refractivity contribution >= 4 is 28.1 Å². The van der Waals surface area contributed by atoms with Gasteiger partial charge in [0.25, 0.3) is 5.91 Å². The highest BCUT2D eigenvalue weighted by Gasteiger charge is 2.65. The molecule has 0 unspecified atom stereocenters. The second kappa shape index (κ2) is 5.65. The average molecular weight is 394 g/mol. The average Bonchev–Trinajstić information content (AvgIpc) is 3.47. The second-order valence-corrected chi connectivity index (χ2v) is 8.43. The molecule has 3 aliphatic heterocycles. The van der Waals surface area contributed by atoms with E-state index in [1.807, 2.05) is 51.2 Å². The zero-order valence-electron chi connectivity index (χ0n) is 15.0. The van der Waals surface area contributed by atoms with Gasteiger partial charge in [-0.05, 0) is 5.56 Å². The molecule has 142 valence electrons. The maximum absolute atomic E-state index is 13.2. The van der Waals surface area contributed by atoms with Crippen LogP contribution in [-0.4, -0.2) is 55.9 Å². The second-order valence-electron chi connectivity index (χ2n) is 7.55. The van der Waals surface area contributed by atoms with Gasteiger partial charge in [-0.15, -0.1) is 11.3 Å². The van der Waals surface area contributed by atoms with Crippen LogP contribution in [0.25, 0.3) is 4.96 Å². The zero-order valence-corrected chi connectivity index (χ0v) is 15.8. The number of hydrogen-bond donors (Lipinski definition) is 0. The van der Waals surface area contributed by atoms with E-state index in [1.54, 1.807) is 11.1 Å². The van der Waals surface area contributed by atoms with E-state index in [0.29, 0.717) is 31.6 Å². The van der Waals surface area contributed by atoms with Crippen molar-refractivity contribution in [3.05, 3.63) is 59.4 Å². The minimum Gasteiger partial charge on any atom is -0.343 e. The van der Waals surface area contributed by atoms with Crippen molar-refractivity contribution in [2.75, 3.05) is 13.1 Å². The van der Waals surface area contributed by atoms with Crippen LogP contribution < -0.4 is 0 Å². The lowest BCUT2D eigenvalue weighted by atomic mass is 10.1. The quantitative estimate of drug-likeness (QED) is 0.669. The summed E-state index contributed by atoms with van der Waals surface area (Å²) in [6.07, 6.45) is 4.45. The van der Waals surface area contributed by atoms with E-state index in [0.717, 1.165) is 10.5 Å². The molecule has 3 saturated heterocycles. The standard InChI is InChI=1S/C20H18N4O3S/c25-17-10-16-20(24(17)12-15(27-20)13-4-2-1-3-5-13)6-7-23(16)18(26)14-11-22-8-9-28-19(22)21-14/h1-5,8-9,11,15-16H,6-7,10,12H2/t15-,16-,20+/m1/s1. The molecule has 1 spiro atoms. The molecule has 8 heteroatoms. The molecule has 2 aromatic heterocycles. The van der Waals surface area contributed by atoms with Crippen LogP contribution in [-0.2, 0) is 9.53 Å². The number of likely N-dealkylation sites (tertiary alicyclic amines) is 1. The zero-order chi connectivity index (χ0) is 18.9. The molecule has 2 amide bonds. The fourth-order valence-electron chi connectivity index (χ4n) is 4.89. The summed E-state index contributed by atoms with van der Waals surface area (Å²) < 4.78 is 8.36. The van der Waals surface area contributed by atoms with Crippen LogP contribution >= 0.6 is 11.3 Å². The smallest absolute Gasteiger partial charge is 0.274 e. The molecule has 3 aromatic rings. The fourth-order valence-corrected chi connectivity index (χ4v) is 5.59. The highest BCUT2D eigenvalue weighted by Crippen LogP contribution is 2.50. The first-order chi connectivity index (χ1) is 13.7. The molecular formula is C20H18N4O3S. The number of amides is 2. The number of nitrogens with zero attached hydrogens (tertiary/aromatic N) is 4. The van der Waals surface area contributed by atoms with Crippen molar-refractivity contribution < 1.29 is 14.3 Å². The van der Waals surface area contributed by atoms with Gasteiger partial charge in [-0.3, -0.25) is 14.0 Å². The third kappa shape index (κ3) is 2.10. The molecule has 3 atom stereocenters. The lowest BCUT2D eigenvalue weighted by Gasteiger charge is -2.31. The Labute approximate surface area is 165 Å². The molecule has 1 aromatic carbocycles. The van der Waals surface area contributed by atoms with Gasteiger partial charge in [0.2, 0.25) is 5.91 Å². The normalized spacial score (nSPS) is 28.9. The molecule has 0 radical (unpaired) electrons. The van der Waals surface area contributed by atoms with Crippen LogP contribution in [0.2, 0.25) is 0 Å². The summed E-state index contributed by atoms with van der Waals surface area (Å²) in [5, 5.41) is 1.94. The van der Waals surface area contributed by atoms with Crippen molar-refractivity contribution in [1.82, 2.24) is 19.2 Å². The summed E-state index contributed by atoms with van der Waals surface area (Å²) in [7, 11) is 0. The number of carbonyl (C=O) groups is 2. The Hall–Kier alpha value is -2.71. The third-order valence-corrected chi connectivity index (χ3v) is 6.94. The largest absolute Gasteiger partial charge is 0.343 e. The Bertz CT molecular complexity index is 1060. The molecule has 5 heterocycles. The Morgan fingerprint density at radius 1 is 1.29 bits per heavy atom. The minimum absolute atomic E-state index is 0.0618. The maximum atomic E-state index is 13.2. The summed E-state index contributed by atoms with van der Waals surface area (Å²) in [5.41, 5.74) is 0.786. The van der Waals surface area contributed by atoms with Crippen molar-refractivity contribution in [1.29, 1.82) is 0 Å². The van der Waals surface area contributed by atoms with Crippen LogP contribution in [0, 0.1) is 0 Å². The van der Waals surface area contributed by atoms with Crippen LogP contribution in [0.1, 0.15) is 35.0 Å². The summed E-state index contributed by atoms with van der Waals surface area (Å²) in [5.74, 6) is -0.0639. The number of aromatic nitrogens is 2. The number of ether oxygens (including phenoxy) is 1.